The Hall–Kier alpha value is -2.91. The van der Waals surface area contributed by atoms with E-state index in [0.29, 0.717) is 57.9 Å². The number of anilines is 2. The highest BCUT2D eigenvalue weighted by atomic mass is 16.6. The van der Waals surface area contributed by atoms with Crippen molar-refractivity contribution in [2.75, 3.05) is 63.2 Å². The number of nitrogens with zero attached hydrogens (tertiary/aromatic N) is 3. The maximum Gasteiger partial charge on any atom is 0.409 e. The van der Waals surface area contributed by atoms with Gasteiger partial charge in [-0.05, 0) is 41.5 Å². The maximum absolute atomic E-state index is 11.2. The quantitative estimate of drug-likeness (QED) is 0.468. The van der Waals surface area contributed by atoms with Crippen molar-refractivity contribution in [3.05, 3.63) is 48.0 Å². The lowest BCUT2D eigenvalue weighted by molar-refractivity contribution is -0.0818. The highest BCUT2D eigenvalue weighted by Gasteiger charge is 2.20. The standard InChI is InChI=1S/C14H22N2O2.C13H19N3O2.2H2/c1-3-11(2)12-6-13(8-15-7-12)16-9-14-10-17-4-5-18-14;1-10(2)11-7-12(9-14-8-11)15-3-4-16-5-6-18-13(16)17;;/h6-8,11,14,16H,3-5,9-10H2,1-2H3;7-10,15H,3-6H2,1-2H3;2*1H. The van der Waals surface area contributed by atoms with Crippen LogP contribution in [0.2, 0.25) is 0 Å². The van der Waals surface area contributed by atoms with E-state index in [2.05, 4.69) is 60.4 Å². The van der Waals surface area contributed by atoms with Crippen LogP contribution in [0.15, 0.2) is 36.9 Å². The van der Waals surface area contributed by atoms with E-state index in [0.717, 1.165) is 24.3 Å². The molecule has 9 heteroatoms. The number of carbonyl (C=O) groups excluding carboxylic acids is 1. The molecule has 0 radical (unpaired) electrons. The van der Waals surface area contributed by atoms with E-state index in [9.17, 15) is 4.79 Å². The predicted molar refractivity (Wildman–Crippen MR) is 146 cm³/mol. The number of cyclic esters (lactones) is 1. The van der Waals surface area contributed by atoms with Gasteiger partial charge < -0.3 is 29.7 Å². The van der Waals surface area contributed by atoms with E-state index >= 15 is 0 Å². The van der Waals surface area contributed by atoms with Gasteiger partial charge in [-0.3, -0.25) is 9.97 Å². The Morgan fingerprint density at radius 1 is 1.03 bits per heavy atom. The zero-order chi connectivity index (χ0) is 25.8. The molecule has 4 rings (SSSR count). The predicted octanol–water partition coefficient (Wildman–Crippen LogP) is 4.98. The molecule has 0 spiro atoms. The molecule has 2 aliphatic rings. The first kappa shape index (κ1) is 27.7. The number of aromatic nitrogens is 2. The first-order valence-electron chi connectivity index (χ1n) is 12.9. The van der Waals surface area contributed by atoms with Gasteiger partial charge in [0.2, 0.25) is 0 Å². The summed E-state index contributed by atoms with van der Waals surface area (Å²) in [5.41, 5.74) is 4.54. The van der Waals surface area contributed by atoms with Gasteiger partial charge in [-0.1, -0.05) is 27.7 Å². The summed E-state index contributed by atoms with van der Waals surface area (Å²) >= 11 is 0. The van der Waals surface area contributed by atoms with E-state index in [4.69, 9.17) is 14.2 Å². The van der Waals surface area contributed by atoms with Gasteiger partial charge in [0, 0.05) is 47.3 Å². The molecule has 9 nitrogen and oxygen atoms in total. The van der Waals surface area contributed by atoms with Crippen molar-refractivity contribution in [3.8, 4) is 0 Å². The molecule has 2 saturated heterocycles. The zero-order valence-electron chi connectivity index (χ0n) is 22.0. The van der Waals surface area contributed by atoms with Crippen LogP contribution in [0.5, 0.6) is 0 Å². The van der Waals surface area contributed by atoms with Crippen molar-refractivity contribution < 1.29 is 21.9 Å². The van der Waals surface area contributed by atoms with E-state index in [1.165, 1.54) is 11.1 Å². The Bertz CT molecular complexity index is 947. The second-order valence-corrected chi connectivity index (χ2v) is 9.45. The minimum absolute atomic E-state index is 0. The van der Waals surface area contributed by atoms with Crippen LogP contribution in [-0.2, 0) is 14.2 Å². The molecule has 36 heavy (non-hydrogen) atoms. The number of hydrogen-bond donors (Lipinski definition) is 2. The van der Waals surface area contributed by atoms with Crippen LogP contribution in [0.4, 0.5) is 16.2 Å². The number of hydrogen-bond acceptors (Lipinski definition) is 8. The number of rotatable bonds is 10. The van der Waals surface area contributed by atoms with Crippen molar-refractivity contribution in [2.24, 2.45) is 0 Å². The first-order valence-corrected chi connectivity index (χ1v) is 12.9. The maximum atomic E-state index is 11.2. The van der Waals surface area contributed by atoms with Gasteiger partial charge in [-0.25, -0.2) is 4.79 Å². The Labute approximate surface area is 217 Å². The molecule has 2 atom stereocenters. The lowest BCUT2D eigenvalue weighted by Crippen LogP contribution is -2.34. The highest BCUT2D eigenvalue weighted by molar-refractivity contribution is 5.69. The number of ether oxygens (including phenoxy) is 3. The largest absolute Gasteiger partial charge is 0.448 e. The van der Waals surface area contributed by atoms with Crippen LogP contribution in [0.3, 0.4) is 0 Å². The average Bonchev–Trinajstić information content (AvgIpc) is 3.32. The SMILES string of the molecule is CC(C)c1cncc(NCCN2CCOC2=O)c1.CCC(C)c1cncc(NCC2COCCO2)c1.[HH].[HH]. The van der Waals surface area contributed by atoms with Gasteiger partial charge in [0.15, 0.2) is 0 Å². The van der Waals surface area contributed by atoms with E-state index in [-0.39, 0.29) is 15.1 Å². The van der Waals surface area contributed by atoms with Crippen molar-refractivity contribution >= 4 is 17.5 Å². The smallest absolute Gasteiger partial charge is 0.409 e. The minimum atomic E-state index is -0.217. The molecule has 2 aliphatic heterocycles. The van der Waals surface area contributed by atoms with E-state index in [1.54, 1.807) is 11.1 Å². The summed E-state index contributed by atoms with van der Waals surface area (Å²) in [5, 5.41) is 6.64. The van der Waals surface area contributed by atoms with Crippen LogP contribution in [-0.4, -0.2) is 79.7 Å². The summed E-state index contributed by atoms with van der Waals surface area (Å²) in [6.07, 6.45) is 8.54. The molecular weight excluding hydrogens is 458 g/mol. The third kappa shape index (κ3) is 8.95. The second kappa shape index (κ2) is 14.6. The lowest BCUT2D eigenvalue weighted by atomic mass is 10.0. The van der Waals surface area contributed by atoms with Crippen LogP contribution >= 0.6 is 0 Å². The summed E-state index contributed by atoms with van der Waals surface area (Å²) in [5.74, 6) is 1.02. The molecular formula is C27H45N5O4. The molecule has 202 valence electrons. The third-order valence-electron chi connectivity index (χ3n) is 6.34. The van der Waals surface area contributed by atoms with Crippen LogP contribution < -0.4 is 10.6 Å². The molecule has 2 aromatic rings. The van der Waals surface area contributed by atoms with Gasteiger partial charge in [0.1, 0.15) is 6.61 Å². The fourth-order valence-corrected chi connectivity index (χ4v) is 3.78. The monoisotopic (exact) mass is 503 g/mol. The molecule has 1 amide bonds. The van der Waals surface area contributed by atoms with Gasteiger partial charge in [0.25, 0.3) is 0 Å². The topological polar surface area (TPSA) is 97.8 Å². The lowest BCUT2D eigenvalue weighted by Gasteiger charge is -2.23. The van der Waals surface area contributed by atoms with Crippen molar-refractivity contribution in [2.45, 2.75) is 52.1 Å². The summed E-state index contributed by atoms with van der Waals surface area (Å²) in [6.45, 7) is 14.1. The number of carbonyl (C=O) groups is 1. The van der Waals surface area contributed by atoms with Gasteiger partial charge >= 0.3 is 6.09 Å². The summed E-state index contributed by atoms with van der Waals surface area (Å²) < 4.78 is 15.8. The number of pyridine rings is 2. The normalized spacial score (nSPS) is 18.3. The molecule has 2 aromatic heterocycles. The second-order valence-electron chi connectivity index (χ2n) is 9.45. The Balaban J connectivity index is 0.000000361. The van der Waals surface area contributed by atoms with Crippen LogP contribution in [0, 0.1) is 0 Å². The Kier molecular flexibility index (Phi) is 11.2. The van der Waals surface area contributed by atoms with E-state index in [1.807, 2.05) is 18.6 Å². The minimum Gasteiger partial charge on any atom is -0.448 e. The van der Waals surface area contributed by atoms with E-state index < -0.39 is 0 Å². The summed E-state index contributed by atoms with van der Waals surface area (Å²) in [7, 11) is 0. The molecule has 0 saturated carbocycles. The summed E-state index contributed by atoms with van der Waals surface area (Å²) in [4.78, 5) is 21.4. The Morgan fingerprint density at radius 2 is 1.75 bits per heavy atom. The fraction of sp³-hybridized carbons (Fsp3) is 0.593. The van der Waals surface area contributed by atoms with Gasteiger partial charge in [-0.2, -0.15) is 0 Å². The van der Waals surface area contributed by atoms with Crippen molar-refractivity contribution in [1.29, 1.82) is 0 Å². The van der Waals surface area contributed by atoms with Gasteiger partial charge in [-0.15, -0.1) is 0 Å². The zero-order valence-corrected chi connectivity index (χ0v) is 22.0. The molecule has 2 fully saturated rings. The summed E-state index contributed by atoms with van der Waals surface area (Å²) in [6, 6.07) is 4.27. The molecule has 0 aliphatic carbocycles. The average molecular weight is 504 g/mol. The van der Waals surface area contributed by atoms with Crippen molar-refractivity contribution in [3.63, 3.8) is 0 Å². The van der Waals surface area contributed by atoms with Crippen molar-refractivity contribution in [1.82, 2.24) is 14.9 Å². The highest BCUT2D eigenvalue weighted by Crippen LogP contribution is 2.20. The third-order valence-corrected chi connectivity index (χ3v) is 6.34. The molecule has 2 unspecified atom stereocenters. The molecule has 0 aromatic carbocycles. The number of amides is 1. The van der Waals surface area contributed by atoms with Crippen LogP contribution in [0.1, 0.15) is 59.9 Å². The molecule has 2 N–H and O–H groups in total. The number of nitrogens with one attached hydrogen (secondary N) is 2. The van der Waals surface area contributed by atoms with Crippen LogP contribution in [0.25, 0.3) is 0 Å². The van der Waals surface area contributed by atoms with Gasteiger partial charge in [0.05, 0.1) is 43.8 Å². The molecule has 0 bridgehead atoms. The Morgan fingerprint density at radius 3 is 2.39 bits per heavy atom. The first-order chi connectivity index (χ1) is 17.5. The molecule has 4 heterocycles. The fourth-order valence-electron chi connectivity index (χ4n) is 3.78.